The van der Waals surface area contributed by atoms with Gasteiger partial charge in [0.2, 0.25) is 0 Å². The summed E-state index contributed by atoms with van der Waals surface area (Å²) in [6, 6.07) is 4.46. The van der Waals surface area contributed by atoms with E-state index in [9.17, 15) is 13.2 Å². The second kappa shape index (κ2) is 4.49. The Labute approximate surface area is 105 Å². The fourth-order valence-electron chi connectivity index (χ4n) is 1.36. The number of hydrogen-bond acceptors (Lipinski definition) is 4. The molecule has 0 saturated carbocycles. The molecule has 0 aliphatic carbocycles. The minimum absolute atomic E-state index is 0.0524. The van der Waals surface area contributed by atoms with Crippen LogP contribution in [0, 0.1) is 0 Å². The lowest BCUT2D eigenvalue weighted by Crippen LogP contribution is -2.12. The van der Waals surface area contributed by atoms with Gasteiger partial charge in [0.05, 0.1) is 0 Å². The van der Waals surface area contributed by atoms with Gasteiger partial charge in [-0.15, -0.1) is 0 Å². The van der Waals surface area contributed by atoms with Crippen LogP contribution in [0.15, 0.2) is 22.7 Å². The highest BCUT2D eigenvalue weighted by atomic mass is 35.5. The molecule has 0 unspecified atom stereocenters. The molecular weight excluding hydrogens is 271 g/mol. The van der Waals surface area contributed by atoms with Crippen LogP contribution in [0.3, 0.4) is 0 Å². The number of anilines is 1. The highest BCUT2D eigenvalue weighted by Gasteiger charge is 2.30. The molecule has 1 heterocycles. The van der Waals surface area contributed by atoms with Crippen molar-refractivity contribution in [3.8, 4) is 11.5 Å². The summed E-state index contributed by atoms with van der Waals surface area (Å²) in [5.74, 6) is -0.487. The van der Waals surface area contributed by atoms with E-state index < -0.39 is 18.4 Å². The maximum atomic E-state index is 12.1. The van der Waals surface area contributed by atoms with Crippen LogP contribution in [0.4, 0.5) is 18.9 Å². The highest BCUT2D eigenvalue weighted by molar-refractivity contribution is 6.31. The van der Waals surface area contributed by atoms with Crippen molar-refractivity contribution in [1.29, 1.82) is 0 Å². The zero-order valence-electron chi connectivity index (χ0n) is 8.83. The minimum atomic E-state index is -4.38. The van der Waals surface area contributed by atoms with E-state index >= 15 is 0 Å². The number of nitrogens with zero attached hydrogens (tertiary/aromatic N) is 2. The smallest absolute Gasteiger partial charge is 0.396 e. The molecule has 0 amide bonds. The third kappa shape index (κ3) is 3.13. The van der Waals surface area contributed by atoms with Gasteiger partial charge in [0.1, 0.15) is 6.42 Å². The van der Waals surface area contributed by atoms with Crippen molar-refractivity contribution in [2.45, 2.75) is 12.6 Å². The Bertz CT molecular complexity index is 547. The Hall–Kier alpha value is -1.76. The summed E-state index contributed by atoms with van der Waals surface area (Å²) in [6.07, 6.45) is -5.62. The van der Waals surface area contributed by atoms with Crippen molar-refractivity contribution in [1.82, 2.24) is 10.1 Å². The number of halogens is 4. The van der Waals surface area contributed by atoms with E-state index in [1.165, 1.54) is 18.2 Å². The molecule has 1 aromatic heterocycles. The predicted molar refractivity (Wildman–Crippen MR) is 58.9 cm³/mol. The summed E-state index contributed by atoms with van der Waals surface area (Å²) in [5.41, 5.74) is 6.28. The molecule has 0 atom stereocenters. The molecule has 2 N–H and O–H groups in total. The van der Waals surface area contributed by atoms with E-state index in [0.29, 0.717) is 16.3 Å². The normalized spacial score (nSPS) is 11.8. The molecule has 96 valence electrons. The first-order chi connectivity index (χ1) is 8.33. The van der Waals surface area contributed by atoms with E-state index in [1.807, 2.05) is 0 Å². The number of nitrogen functional groups attached to an aromatic ring is 1. The standard InChI is InChI=1S/C10H7ClF3N3O/c11-6-1-5(2-7(15)3-6)9-16-8(17-18-9)4-10(12,13)14/h1-3H,4,15H2. The molecular formula is C10H7ClF3N3O. The molecule has 0 fully saturated rings. The van der Waals surface area contributed by atoms with Gasteiger partial charge in [0, 0.05) is 16.3 Å². The van der Waals surface area contributed by atoms with Gasteiger partial charge in [-0.05, 0) is 18.2 Å². The second-order valence-electron chi connectivity index (χ2n) is 3.58. The Kier molecular flexibility index (Phi) is 3.16. The van der Waals surface area contributed by atoms with Crippen molar-refractivity contribution >= 4 is 17.3 Å². The SMILES string of the molecule is Nc1cc(Cl)cc(-c2nc(CC(F)(F)F)no2)c1. The topological polar surface area (TPSA) is 64.9 Å². The maximum absolute atomic E-state index is 12.1. The summed E-state index contributed by atoms with van der Waals surface area (Å²) in [6.45, 7) is 0. The fraction of sp³-hybridized carbons (Fsp3) is 0.200. The molecule has 18 heavy (non-hydrogen) atoms. The summed E-state index contributed by atoms with van der Waals surface area (Å²) in [5, 5.41) is 3.58. The van der Waals surface area contributed by atoms with Gasteiger partial charge in [-0.25, -0.2) is 0 Å². The molecule has 4 nitrogen and oxygen atoms in total. The number of alkyl halides is 3. The highest BCUT2D eigenvalue weighted by Crippen LogP contribution is 2.26. The summed E-state index contributed by atoms with van der Waals surface area (Å²) in [4.78, 5) is 3.64. The first-order valence-corrected chi connectivity index (χ1v) is 5.17. The van der Waals surface area contributed by atoms with Gasteiger partial charge < -0.3 is 10.3 Å². The number of nitrogens with two attached hydrogens (primary N) is 1. The minimum Gasteiger partial charge on any atom is -0.399 e. The van der Waals surface area contributed by atoms with Crippen molar-refractivity contribution in [3.63, 3.8) is 0 Å². The molecule has 0 radical (unpaired) electrons. The zero-order valence-corrected chi connectivity index (χ0v) is 9.59. The van der Waals surface area contributed by atoms with Crippen LogP contribution in [-0.2, 0) is 6.42 Å². The number of rotatable bonds is 2. The second-order valence-corrected chi connectivity index (χ2v) is 4.02. The summed E-state index contributed by atoms with van der Waals surface area (Å²) >= 11 is 5.76. The largest absolute Gasteiger partial charge is 0.399 e. The number of benzene rings is 1. The van der Waals surface area contributed by atoms with Crippen LogP contribution < -0.4 is 5.73 Å². The van der Waals surface area contributed by atoms with E-state index in [2.05, 4.69) is 10.1 Å². The van der Waals surface area contributed by atoms with E-state index in [-0.39, 0.29) is 5.89 Å². The number of hydrogen-bond donors (Lipinski definition) is 1. The summed E-state index contributed by atoms with van der Waals surface area (Å²) < 4.78 is 41.1. The van der Waals surface area contributed by atoms with Crippen molar-refractivity contribution in [3.05, 3.63) is 29.0 Å². The van der Waals surface area contributed by atoms with Gasteiger partial charge in [0.15, 0.2) is 5.82 Å². The first-order valence-electron chi connectivity index (χ1n) is 4.79. The molecule has 2 rings (SSSR count). The molecule has 0 aliphatic heterocycles. The van der Waals surface area contributed by atoms with E-state index in [1.54, 1.807) is 0 Å². The molecule has 0 bridgehead atoms. The average molecular weight is 278 g/mol. The van der Waals surface area contributed by atoms with Gasteiger partial charge in [0.25, 0.3) is 5.89 Å². The van der Waals surface area contributed by atoms with Gasteiger partial charge >= 0.3 is 6.18 Å². The Morgan fingerprint density at radius 1 is 1.28 bits per heavy atom. The average Bonchev–Trinajstić information content (AvgIpc) is 2.61. The van der Waals surface area contributed by atoms with Gasteiger partial charge in [-0.1, -0.05) is 16.8 Å². The fourth-order valence-corrected chi connectivity index (χ4v) is 1.60. The molecule has 2 aromatic rings. The maximum Gasteiger partial charge on any atom is 0.396 e. The first kappa shape index (κ1) is 12.7. The molecule has 0 spiro atoms. The quantitative estimate of drug-likeness (QED) is 0.857. The van der Waals surface area contributed by atoms with Crippen LogP contribution in [-0.4, -0.2) is 16.3 Å². The van der Waals surface area contributed by atoms with Crippen LogP contribution >= 0.6 is 11.6 Å². The number of aromatic nitrogens is 2. The monoisotopic (exact) mass is 277 g/mol. The Balaban J connectivity index is 2.29. The van der Waals surface area contributed by atoms with Crippen LogP contribution in [0.2, 0.25) is 5.02 Å². The Morgan fingerprint density at radius 2 is 2.00 bits per heavy atom. The summed E-state index contributed by atoms with van der Waals surface area (Å²) in [7, 11) is 0. The third-order valence-corrected chi connectivity index (χ3v) is 2.21. The van der Waals surface area contributed by atoms with Crippen LogP contribution in [0.1, 0.15) is 5.82 Å². The van der Waals surface area contributed by atoms with Gasteiger partial charge in [-0.2, -0.15) is 18.2 Å². The van der Waals surface area contributed by atoms with Crippen molar-refractivity contribution in [2.75, 3.05) is 5.73 Å². The molecule has 0 aliphatic rings. The Morgan fingerprint density at radius 3 is 2.61 bits per heavy atom. The zero-order chi connectivity index (χ0) is 13.3. The van der Waals surface area contributed by atoms with Crippen molar-refractivity contribution in [2.24, 2.45) is 0 Å². The lowest BCUT2D eigenvalue weighted by molar-refractivity contribution is -0.128. The van der Waals surface area contributed by atoms with E-state index in [0.717, 1.165) is 0 Å². The molecule has 0 saturated heterocycles. The molecule has 1 aromatic carbocycles. The van der Waals surface area contributed by atoms with Crippen molar-refractivity contribution < 1.29 is 17.7 Å². The predicted octanol–water partition coefficient (Wildman–Crippen LogP) is 3.08. The van der Waals surface area contributed by atoms with Crippen LogP contribution in [0.5, 0.6) is 0 Å². The third-order valence-electron chi connectivity index (χ3n) is 1.99. The lowest BCUT2D eigenvalue weighted by atomic mass is 10.2. The van der Waals surface area contributed by atoms with Crippen LogP contribution in [0.25, 0.3) is 11.5 Å². The van der Waals surface area contributed by atoms with Gasteiger partial charge in [-0.3, -0.25) is 0 Å². The lowest BCUT2D eigenvalue weighted by Gasteiger charge is -2.00. The molecule has 8 heteroatoms. The van der Waals surface area contributed by atoms with E-state index in [4.69, 9.17) is 21.9 Å².